The predicted octanol–water partition coefficient (Wildman–Crippen LogP) is 16.0. The molecule has 24 nitrogen and oxygen atoms in total. The number of aliphatic hydroxyl groups excluding tert-OH is 1. The first-order chi connectivity index (χ1) is 61.0. The van der Waals surface area contributed by atoms with Crippen molar-refractivity contribution in [3.8, 4) is 0 Å². The van der Waals surface area contributed by atoms with Crippen LogP contribution >= 0.6 is 58.0 Å². The van der Waals surface area contributed by atoms with Gasteiger partial charge in [0.1, 0.15) is 39.6 Å². The number of nitrogens with zero attached hydrogens (tertiary/aromatic N) is 16. The summed E-state index contributed by atoms with van der Waals surface area (Å²) in [6.07, 6.45) is 25.1. The number of piperidine rings is 1. The van der Waals surface area contributed by atoms with Gasteiger partial charge in [0, 0.05) is 70.7 Å². The van der Waals surface area contributed by atoms with Crippen molar-refractivity contribution < 1.29 is 46.2 Å². The summed E-state index contributed by atoms with van der Waals surface area (Å²) in [6, 6.07) is 24.1. The number of hydrogen-bond acceptors (Lipinski definition) is 22. The Kier molecular flexibility index (Phi) is 27.0. The third-order valence-electron chi connectivity index (χ3n) is 24.9. The van der Waals surface area contributed by atoms with Gasteiger partial charge in [-0.15, -0.1) is 0 Å². The highest BCUT2D eigenvalue weighted by Gasteiger charge is 2.46. The van der Waals surface area contributed by atoms with Gasteiger partial charge in [-0.2, -0.15) is 0 Å². The van der Waals surface area contributed by atoms with E-state index in [1.54, 1.807) is 84.2 Å². The molecule has 5 fully saturated rings. The lowest BCUT2D eigenvalue weighted by Gasteiger charge is -2.34. The summed E-state index contributed by atoms with van der Waals surface area (Å²) in [4.78, 5) is 107. The molecule has 2 amide bonds. The van der Waals surface area contributed by atoms with Crippen molar-refractivity contribution in [3.05, 3.63) is 289 Å². The number of likely N-dealkylation sites (tertiary alicyclic amines) is 1. The minimum absolute atomic E-state index is 0.00655. The first kappa shape index (κ1) is 88.7. The van der Waals surface area contributed by atoms with Crippen LogP contribution in [0.15, 0.2) is 147 Å². The number of nitrogens with two attached hydrogens (primary N) is 2. The number of rotatable bonds is 13. The largest absolute Gasteiger partial charge is 0.468 e. The van der Waals surface area contributed by atoms with Crippen LogP contribution in [0.4, 0.5) is 22.0 Å². The fraction of sp³-hybridized carbons (Fsp3) is 0.370. The van der Waals surface area contributed by atoms with Crippen molar-refractivity contribution in [2.24, 2.45) is 36.4 Å². The van der Waals surface area contributed by atoms with Gasteiger partial charge in [0.25, 0.3) is 5.91 Å². The molecule has 0 spiro atoms. The summed E-state index contributed by atoms with van der Waals surface area (Å²) in [5.74, 6) is -2.88. The first-order valence-electron chi connectivity index (χ1n) is 42.0. The molecule has 650 valence electrons. The molecular formula is C92H87Cl5F5N19O5. The zero-order chi connectivity index (χ0) is 88.1. The van der Waals surface area contributed by atoms with Crippen molar-refractivity contribution >= 4 is 104 Å². The van der Waals surface area contributed by atoms with Gasteiger partial charge in [0.15, 0.2) is 29.1 Å². The van der Waals surface area contributed by atoms with Gasteiger partial charge in [0.05, 0.1) is 175 Å². The van der Waals surface area contributed by atoms with Crippen molar-refractivity contribution in [2.45, 2.75) is 177 Å². The van der Waals surface area contributed by atoms with Crippen LogP contribution in [-0.2, 0) is 63.3 Å². The maximum atomic E-state index is 14.4. The molecule has 126 heavy (non-hydrogen) atoms. The van der Waals surface area contributed by atoms with Crippen LogP contribution in [0.25, 0.3) is 0 Å². The topological polar surface area (TPSA) is 339 Å². The summed E-state index contributed by atoms with van der Waals surface area (Å²) in [5.41, 5.74) is 23.3. The number of carbonyl (C=O) groups is 3. The molecular weight excluding hydrogens is 1720 g/mol. The number of esters is 1. The van der Waals surface area contributed by atoms with Crippen LogP contribution in [0.3, 0.4) is 0 Å². The van der Waals surface area contributed by atoms with E-state index < -0.39 is 39.9 Å². The number of primary amides is 1. The Morgan fingerprint density at radius 2 is 0.794 bits per heavy atom. The molecule has 12 heterocycles. The molecule has 5 aromatic carbocycles. The number of aromatic nitrogens is 10. The lowest BCUT2D eigenvalue weighted by atomic mass is 9.71. The molecule has 6 N–H and O–H groups in total. The van der Waals surface area contributed by atoms with Gasteiger partial charge >= 0.3 is 5.97 Å². The lowest BCUT2D eigenvalue weighted by Crippen LogP contribution is -2.43. The molecule has 34 heteroatoms. The summed E-state index contributed by atoms with van der Waals surface area (Å²) in [7, 11) is 1.41. The normalized spacial score (nSPS) is 18.4. The Labute approximate surface area is 748 Å². The molecule has 1 atom stereocenters. The number of fused-ring (bicyclic) bond motifs is 5. The van der Waals surface area contributed by atoms with E-state index in [2.05, 4.69) is 65.2 Å². The number of nitrogens with one attached hydrogen (secondary N) is 1. The SMILES string of the molecule is COC(=O)C1(c2cnc3c(n2)CN=C3c2cccc(Cl)c2F)CCCCC1.Fc1c(Cl)cccc1C1=NCc2nc(C3CCNCC3)cnc21.NC(=O)C1(c2cnc3c(n2)CN=C3c2cccc(Cl)c2F)CCCCC1.NC1CCN(C(=O)c2cnc3c(n2)CN=C3c2cccc(Cl)c2F)C1.OCC1(c2cnc3c(n2)CN=C3c2cccc(Cl)c2F)CCCCC1. The minimum Gasteiger partial charge on any atom is -0.468 e. The van der Waals surface area contributed by atoms with E-state index in [4.69, 9.17) is 89.2 Å². The van der Waals surface area contributed by atoms with Crippen LogP contribution in [0, 0.1) is 29.1 Å². The lowest BCUT2D eigenvalue weighted by molar-refractivity contribution is -0.149. The molecule has 0 bridgehead atoms. The first-order valence-corrected chi connectivity index (χ1v) is 43.9. The average molecular weight is 1810 g/mol. The molecule has 0 radical (unpaired) electrons. The van der Waals surface area contributed by atoms with Crippen LogP contribution < -0.4 is 16.8 Å². The highest BCUT2D eigenvalue weighted by molar-refractivity contribution is 6.33. The number of halogens is 10. The van der Waals surface area contributed by atoms with Gasteiger partial charge in [-0.05, 0) is 132 Å². The van der Waals surface area contributed by atoms with Gasteiger partial charge < -0.3 is 31.5 Å². The minimum atomic E-state index is -0.760. The summed E-state index contributed by atoms with van der Waals surface area (Å²) >= 11 is 29.4. The Hall–Kier alpha value is -10.8. The summed E-state index contributed by atoms with van der Waals surface area (Å²) in [6.45, 7) is 4.92. The van der Waals surface area contributed by atoms with Gasteiger partial charge in [-0.3, -0.25) is 84.2 Å². The molecule has 20 rings (SSSR count). The van der Waals surface area contributed by atoms with Crippen molar-refractivity contribution in [2.75, 3.05) is 39.9 Å². The quantitative estimate of drug-likeness (QED) is 0.0615. The number of methoxy groups -OCH3 is 1. The van der Waals surface area contributed by atoms with Crippen LogP contribution in [0.1, 0.15) is 240 Å². The van der Waals surface area contributed by atoms with Crippen molar-refractivity contribution in [1.29, 1.82) is 0 Å². The fourth-order valence-electron chi connectivity index (χ4n) is 18.0. The number of aliphatic imine (C=N–C) groups is 5. The smallest absolute Gasteiger partial charge is 0.317 e. The number of ether oxygens (including phenoxy) is 1. The third kappa shape index (κ3) is 17.8. The Morgan fingerprint density at radius 3 is 1.17 bits per heavy atom. The number of benzene rings is 5. The molecule has 10 aromatic rings. The maximum absolute atomic E-state index is 14.4. The Bertz CT molecular complexity index is 6080. The van der Waals surface area contributed by atoms with Crippen molar-refractivity contribution in [1.82, 2.24) is 60.1 Å². The van der Waals surface area contributed by atoms with E-state index in [0.29, 0.717) is 179 Å². The maximum Gasteiger partial charge on any atom is 0.317 e. The van der Waals surface area contributed by atoms with Gasteiger partial charge in [-0.1, -0.05) is 146 Å². The van der Waals surface area contributed by atoms with E-state index >= 15 is 0 Å². The standard InChI is InChI=1S/C20H19ClFN3O2.C19H18ClFN4O.C19H19ClFN3O.C17H15ClFN5O.C17H16ClFN4/c1-27-19(26)20(8-3-2-4-9-20)15-11-24-18-14(25-15)10-23-17(18)12-6-5-7-13(21)16(12)22;20-12-6-4-5-11(15(12)21)16-17-13(9-23-16)25-14(10-24-17)19(18(22)26)7-2-1-3-8-19;20-13-6-4-5-12(16(13)21)17-18-14(9-22-17)24-15(10-23-18)19(11-25)7-2-1-3-8-19;18-11-3-1-2-10(14(11)19)15-16-12(6-21-15)23-13(7-22-16)17(25)24-5-4-9(20)8-24;18-12-3-1-2-11(15(12)19)16-17-14(9-21-16)23-13(8-22-17)10-4-6-20-7-5-10/h5-7,11H,2-4,8-10H2,1H3;4-6,10H,1-3,7-9H2,(H2,22,26);4-6,10,25H,1-3,7-9,11H2;1-3,7,9H,4-6,8,20H2;1-3,8,10,20H,4-7,9H2. The Morgan fingerprint density at radius 1 is 0.452 bits per heavy atom. The number of aliphatic hydroxyl groups is 1. The second-order valence-electron chi connectivity index (χ2n) is 32.6. The van der Waals surface area contributed by atoms with Crippen LogP contribution in [0.5, 0.6) is 0 Å². The van der Waals surface area contributed by atoms with Crippen LogP contribution in [-0.4, -0.2) is 152 Å². The molecule has 3 aliphatic carbocycles. The fourth-order valence-corrected chi connectivity index (χ4v) is 18.9. The van der Waals surface area contributed by atoms with Crippen LogP contribution in [0.2, 0.25) is 25.1 Å². The van der Waals surface area contributed by atoms with Crippen molar-refractivity contribution in [3.63, 3.8) is 0 Å². The number of carbonyl (C=O) groups excluding carboxylic acids is 3. The van der Waals surface area contributed by atoms with E-state index in [9.17, 15) is 41.4 Å². The van der Waals surface area contributed by atoms with E-state index in [1.165, 1.54) is 50.1 Å². The third-order valence-corrected chi connectivity index (χ3v) is 26.4. The average Bonchev–Trinajstić information content (AvgIpc) is 1.47. The second-order valence-corrected chi connectivity index (χ2v) is 34.6. The summed E-state index contributed by atoms with van der Waals surface area (Å²) < 4.78 is 76.7. The molecule has 3 saturated carbocycles. The van der Waals surface area contributed by atoms with E-state index in [-0.39, 0.29) is 78.8 Å². The van der Waals surface area contributed by atoms with Gasteiger partial charge in [-0.25, -0.2) is 26.9 Å². The monoisotopic (exact) mass is 1810 g/mol. The predicted molar refractivity (Wildman–Crippen MR) is 470 cm³/mol. The molecule has 7 aliphatic heterocycles. The molecule has 5 aromatic heterocycles. The summed E-state index contributed by atoms with van der Waals surface area (Å²) in [5, 5.41) is 13.6. The molecule has 10 aliphatic rings. The molecule has 1 unspecified atom stereocenters. The highest BCUT2D eigenvalue weighted by Crippen LogP contribution is 2.44. The second kappa shape index (κ2) is 38.4. The zero-order valence-corrected chi connectivity index (χ0v) is 72.5. The Balaban J connectivity index is 0.000000116. The number of hydrogen-bond donors (Lipinski definition) is 4. The molecule has 2 saturated heterocycles. The zero-order valence-electron chi connectivity index (χ0n) is 68.7. The van der Waals surface area contributed by atoms with E-state index in [1.807, 2.05) is 6.20 Å². The highest BCUT2D eigenvalue weighted by atomic mass is 35.5. The van der Waals surface area contributed by atoms with Gasteiger partial charge in [0.2, 0.25) is 5.91 Å². The van der Waals surface area contributed by atoms with E-state index in [0.717, 1.165) is 119 Å². The number of amides is 2.